The second-order valence-electron chi connectivity index (χ2n) is 6.06. The van der Waals surface area contributed by atoms with E-state index in [1.165, 1.54) is 11.8 Å². The van der Waals surface area contributed by atoms with E-state index < -0.39 is 5.97 Å². The molecule has 0 N–H and O–H groups in total. The minimum atomic E-state index is -0.458. The number of para-hydroxylation sites is 1. The van der Waals surface area contributed by atoms with Crippen LogP contribution < -0.4 is 0 Å². The van der Waals surface area contributed by atoms with Gasteiger partial charge in [-0.2, -0.15) is 4.98 Å². The molecule has 4 rings (SSSR count). The molecule has 0 aliphatic carbocycles. The summed E-state index contributed by atoms with van der Waals surface area (Å²) in [6.07, 6.45) is 0. The average Bonchev–Trinajstić information content (AvgIpc) is 3.21. The van der Waals surface area contributed by atoms with Gasteiger partial charge in [0.25, 0.3) is 5.78 Å². The fraction of sp³-hybridized carbons (Fsp3) is 0.263. The Morgan fingerprint density at radius 1 is 1.26 bits per heavy atom. The smallest absolute Gasteiger partial charge is 0.374 e. The highest BCUT2D eigenvalue weighted by atomic mass is 32.2. The van der Waals surface area contributed by atoms with Crippen molar-refractivity contribution in [2.75, 3.05) is 6.61 Å². The largest absolute Gasteiger partial charge is 0.460 e. The van der Waals surface area contributed by atoms with Gasteiger partial charge in [-0.3, -0.25) is 0 Å². The molecular weight excluding hydrogens is 364 g/mol. The molecule has 138 valence electrons. The van der Waals surface area contributed by atoms with Crippen LogP contribution in [0.15, 0.2) is 39.9 Å². The SMILES string of the molecule is CCOC(=O)c1oc2ccccc2c1CSc1nc2nc(C)cc(C)n2n1. The highest BCUT2D eigenvalue weighted by molar-refractivity contribution is 7.98. The van der Waals surface area contributed by atoms with Crippen LogP contribution in [0, 0.1) is 13.8 Å². The molecule has 0 aliphatic rings. The first-order chi connectivity index (χ1) is 13.1. The monoisotopic (exact) mass is 382 g/mol. The molecule has 8 heteroatoms. The molecule has 0 fully saturated rings. The van der Waals surface area contributed by atoms with E-state index in [-0.39, 0.29) is 5.76 Å². The number of carbonyl (C=O) groups is 1. The number of aromatic nitrogens is 4. The van der Waals surface area contributed by atoms with Crippen molar-refractivity contribution in [2.24, 2.45) is 0 Å². The second kappa shape index (κ2) is 7.03. The second-order valence-corrected chi connectivity index (χ2v) is 7.00. The quantitative estimate of drug-likeness (QED) is 0.382. The third kappa shape index (κ3) is 3.28. The summed E-state index contributed by atoms with van der Waals surface area (Å²) in [4.78, 5) is 21.2. The molecule has 0 saturated heterocycles. The van der Waals surface area contributed by atoms with Gasteiger partial charge in [-0.05, 0) is 32.9 Å². The van der Waals surface area contributed by atoms with Crippen LogP contribution in [-0.2, 0) is 10.5 Å². The van der Waals surface area contributed by atoms with Crippen LogP contribution in [-0.4, -0.2) is 32.2 Å². The Labute approximate surface area is 159 Å². The van der Waals surface area contributed by atoms with Gasteiger partial charge in [0.05, 0.1) is 6.61 Å². The van der Waals surface area contributed by atoms with E-state index in [0.717, 1.165) is 22.3 Å². The van der Waals surface area contributed by atoms with Crippen molar-refractivity contribution in [2.45, 2.75) is 31.7 Å². The molecule has 0 spiro atoms. The van der Waals surface area contributed by atoms with Crippen molar-refractivity contribution >= 4 is 34.5 Å². The van der Waals surface area contributed by atoms with Crippen molar-refractivity contribution in [1.82, 2.24) is 19.6 Å². The maximum absolute atomic E-state index is 12.3. The predicted octanol–water partition coefficient (Wildman–Crippen LogP) is 3.96. The van der Waals surface area contributed by atoms with Gasteiger partial charge in [-0.15, -0.1) is 5.10 Å². The van der Waals surface area contributed by atoms with Crippen molar-refractivity contribution < 1.29 is 13.9 Å². The average molecular weight is 382 g/mol. The van der Waals surface area contributed by atoms with Crippen molar-refractivity contribution in [3.8, 4) is 0 Å². The molecule has 4 aromatic rings. The van der Waals surface area contributed by atoms with E-state index >= 15 is 0 Å². The molecule has 0 radical (unpaired) electrons. The van der Waals surface area contributed by atoms with Crippen LogP contribution in [0.4, 0.5) is 0 Å². The van der Waals surface area contributed by atoms with Gasteiger partial charge in [0.15, 0.2) is 0 Å². The van der Waals surface area contributed by atoms with Gasteiger partial charge in [-0.1, -0.05) is 30.0 Å². The first kappa shape index (κ1) is 17.5. The van der Waals surface area contributed by atoms with Gasteiger partial charge in [0.1, 0.15) is 5.58 Å². The Morgan fingerprint density at radius 3 is 2.89 bits per heavy atom. The van der Waals surface area contributed by atoms with E-state index in [0.29, 0.717) is 28.9 Å². The number of thioether (sulfide) groups is 1. The van der Waals surface area contributed by atoms with E-state index in [2.05, 4.69) is 15.1 Å². The number of benzene rings is 1. The van der Waals surface area contributed by atoms with Crippen LogP contribution in [0.25, 0.3) is 16.7 Å². The zero-order valence-corrected chi connectivity index (χ0v) is 16.0. The Hall–Kier alpha value is -2.87. The van der Waals surface area contributed by atoms with Crippen LogP contribution in [0.5, 0.6) is 0 Å². The summed E-state index contributed by atoms with van der Waals surface area (Å²) >= 11 is 1.43. The summed E-state index contributed by atoms with van der Waals surface area (Å²) in [5.74, 6) is 0.831. The lowest BCUT2D eigenvalue weighted by molar-refractivity contribution is 0.0491. The topological polar surface area (TPSA) is 82.5 Å². The molecule has 0 bridgehead atoms. The fourth-order valence-corrected chi connectivity index (χ4v) is 3.80. The van der Waals surface area contributed by atoms with E-state index in [9.17, 15) is 4.79 Å². The number of ether oxygens (including phenoxy) is 1. The number of rotatable bonds is 5. The third-order valence-electron chi connectivity index (χ3n) is 4.10. The predicted molar refractivity (Wildman–Crippen MR) is 102 cm³/mol. The van der Waals surface area contributed by atoms with E-state index in [1.807, 2.05) is 44.2 Å². The Bertz CT molecular complexity index is 1150. The highest BCUT2D eigenvalue weighted by Gasteiger charge is 2.22. The number of hydrogen-bond donors (Lipinski definition) is 0. The lowest BCUT2D eigenvalue weighted by Crippen LogP contribution is -2.05. The van der Waals surface area contributed by atoms with Crippen LogP contribution in [0.2, 0.25) is 0 Å². The normalized spacial score (nSPS) is 11.4. The Morgan fingerprint density at radius 2 is 2.07 bits per heavy atom. The van der Waals surface area contributed by atoms with Crippen LogP contribution >= 0.6 is 11.8 Å². The molecule has 1 aromatic carbocycles. The molecule has 3 aromatic heterocycles. The highest BCUT2D eigenvalue weighted by Crippen LogP contribution is 2.31. The van der Waals surface area contributed by atoms with E-state index in [1.54, 1.807) is 11.4 Å². The van der Waals surface area contributed by atoms with Crippen LogP contribution in [0.3, 0.4) is 0 Å². The maximum Gasteiger partial charge on any atom is 0.374 e. The lowest BCUT2D eigenvalue weighted by Gasteiger charge is -2.01. The minimum Gasteiger partial charge on any atom is -0.460 e. The lowest BCUT2D eigenvalue weighted by atomic mass is 10.1. The molecule has 0 amide bonds. The molecule has 0 unspecified atom stereocenters. The molecule has 27 heavy (non-hydrogen) atoms. The summed E-state index contributed by atoms with van der Waals surface area (Å²) in [5, 5.41) is 5.99. The maximum atomic E-state index is 12.3. The summed E-state index contributed by atoms with van der Waals surface area (Å²) in [6, 6.07) is 9.52. The summed E-state index contributed by atoms with van der Waals surface area (Å²) in [7, 11) is 0. The zero-order chi connectivity index (χ0) is 19.0. The van der Waals surface area contributed by atoms with Gasteiger partial charge in [0.2, 0.25) is 10.9 Å². The third-order valence-corrected chi connectivity index (χ3v) is 4.97. The number of nitrogens with zero attached hydrogens (tertiary/aromatic N) is 4. The number of fused-ring (bicyclic) bond motifs is 2. The van der Waals surface area contributed by atoms with Gasteiger partial charge in [-0.25, -0.2) is 14.3 Å². The first-order valence-electron chi connectivity index (χ1n) is 8.58. The van der Waals surface area contributed by atoms with Crippen molar-refractivity contribution in [1.29, 1.82) is 0 Å². The molecule has 0 atom stereocenters. The van der Waals surface area contributed by atoms with Gasteiger partial charge >= 0.3 is 5.97 Å². The van der Waals surface area contributed by atoms with Gasteiger partial charge < -0.3 is 9.15 Å². The standard InChI is InChI=1S/C19H18N4O3S/c1-4-25-17(24)16-14(13-7-5-6-8-15(13)26-16)10-27-19-21-18-20-11(2)9-12(3)23(18)22-19/h5-9H,4,10H2,1-3H3. The number of aryl methyl sites for hydroxylation is 2. The van der Waals surface area contributed by atoms with Crippen molar-refractivity contribution in [3.05, 3.63) is 53.0 Å². The van der Waals surface area contributed by atoms with Gasteiger partial charge in [0, 0.05) is 28.1 Å². The molecule has 7 nitrogen and oxygen atoms in total. The minimum absolute atomic E-state index is 0.236. The number of furan rings is 1. The first-order valence-corrected chi connectivity index (χ1v) is 9.56. The van der Waals surface area contributed by atoms with Crippen molar-refractivity contribution in [3.63, 3.8) is 0 Å². The summed E-state index contributed by atoms with van der Waals surface area (Å²) in [5.41, 5.74) is 3.31. The fourth-order valence-electron chi connectivity index (χ4n) is 2.95. The Kier molecular flexibility index (Phi) is 4.57. The zero-order valence-electron chi connectivity index (χ0n) is 15.2. The molecule has 0 aliphatic heterocycles. The van der Waals surface area contributed by atoms with Crippen LogP contribution in [0.1, 0.15) is 34.4 Å². The molecule has 0 saturated carbocycles. The molecule has 3 heterocycles. The Balaban J connectivity index is 1.68. The summed E-state index contributed by atoms with van der Waals surface area (Å²) in [6.45, 7) is 5.96. The number of carbonyl (C=O) groups excluding carboxylic acids is 1. The molecular formula is C19H18N4O3S. The van der Waals surface area contributed by atoms with E-state index in [4.69, 9.17) is 9.15 Å². The number of esters is 1. The number of hydrogen-bond acceptors (Lipinski definition) is 7. The summed E-state index contributed by atoms with van der Waals surface area (Å²) < 4.78 is 12.6.